The lowest BCUT2D eigenvalue weighted by Gasteiger charge is -2.15. The lowest BCUT2D eigenvalue weighted by Crippen LogP contribution is -2.12. The zero-order chi connectivity index (χ0) is 6.69. The monoisotopic (exact) mass is 124 g/mol. The van der Waals surface area contributed by atoms with E-state index in [1.807, 2.05) is 6.08 Å². The SMILES string of the molecule is C=C[C@H]1CCCC(=O)C1. The van der Waals surface area contributed by atoms with E-state index in [9.17, 15) is 4.79 Å². The summed E-state index contributed by atoms with van der Waals surface area (Å²) in [7, 11) is 0. The van der Waals surface area contributed by atoms with Crippen LogP contribution in [0.3, 0.4) is 0 Å². The van der Waals surface area contributed by atoms with E-state index >= 15 is 0 Å². The molecule has 0 heterocycles. The van der Waals surface area contributed by atoms with E-state index in [0.29, 0.717) is 11.7 Å². The Hall–Kier alpha value is -0.590. The second-order valence-corrected chi connectivity index (χ2v) is 2.63. The predicted octanol–water partition coefficient (Wildman–Crippen LogP) is 1.93. The van der Waals surface area contributed by atoms with Crippen LogP contribution in [0.1, 0.15) is 25.7 Å². The zero-order valence-corrected chi connectivity index (χ0v) is 5.60. The summed E-state index contributed by atoms with van der Waals surface area (Å²) < 4.78 is 0. The van der Waals surface area contributed by atoms with Crippen LogP contribution in [-0.2, 0) is 4.79 Å². The van der Waals surface area contributed by atoms with Crippen LogP contribution in [0.15, 0.2) is 12.7 Å². The van der Waals surface area contributed by atoms with Crippen molar-refractivity contribution in [1.82, 2.24) is 0 Å². The fraction of sp³-hybridized carbons (Fsp3) is 0.625. The van der Waals surface area contributed by atoms with Gasteiger partial charge in [-0.3, -0.25) is 4.79 Å². The number of hydrogen-bond acceptors (Lipinski definition) is 1. The van der Waals surface area contributed by atoms with Gasteiger partial charge in [-0.05, 0) is 18.8 Å². The van der Waals surface area contributed by atoms with Gasteiger partial charge in [-0.1, -0.05) is 6.08 Å². The quantitative estimate of drug-likeness (QED) is 0.488. The van der Waals surface area contributed by atoms with E-state index in [2.05, 4.69) is 6.58 Å². The van der Waals surface area contributed by atoms with Crippen LogP contribution in [0, 0.1) is 5.92 Å². The fourth-order valence-corrected chi connectivity index (χ4v) is 1.26. The maximum absolute atomic E-state index is 10.8. The van der Waals surface area contributed by atoms with Gasteiger partial charge in [0.25, 0.3) is 0 Å². The standard InChI is InChI=1S/C8H12O/c1-2-7-4-3-5-8(9)6-7/h2,7H,1,3-6H2/t7-/m0/s1. The van der Waals surface area contributed by atoms with Crippen molar-refractivity contribution in [1.29, 1.82) is 0 Å². The fourth-order valence-electron chi connectivity index (χ4n) is 1.26. The molecule has 1 saturated carbocycles. The molecule has 1 rings (SSSR count). The molecular formula is C8H12O. The summed E-state index contributed by atoms with van der Waals surface area (Å²) in [6, 6.07) is 0. The van der Waals surface area contributed by atoms with Gasteiger partial charge in [0, 0.05) is 12.8 Å². The van der Waals surface area contributed by atoms with Crippen molar-refractivity contribution in [3.8, 4) is 0 Å². The normalized spacial score (nSPS) is 28.0. The van der Waals surface area contributed by atoms with E-state index in [0.717, 1.165) is 25.7 Å². The maximum atomic E-state index is 10.8. The highest BCUT2D eigenvalue weighted by molar-refractivity contribution is 5.79. The summed E-state index contributed by atoms with van der Waals surface area (Å²) >= 11 is 0. The molecule has 1 atom stereocenters. The highest BCUT2D eigenvalue weighted by Crippen LogP contribution is 2.21. The molecule has 0 spiro atoms. The number of carbonyl (C=O) groups is 1. The first-order valence-corrected chi connectivity index (χ1v) is 3.47. The Morgan fingerprint density at radius 3 is 2.89 bits per heavy atom. The van der Waals surface area contributed by atoms with Gasteiger partial charge >= 0.3 is 0 Å². The van der Waals surface area contributed by atoms with Gasteiger partial charge in [0.2, 0.25) is 0 Å². The van der Waals surface area contributed by atoms with Crippen molar-refractivity contribution in [2.24, 2.45) is 5.92 Å². The van der Waals surface area contributed by atoms with E-state index in [-0.39, 0.29) is 0 Å². The van der Waals surface area contributed by atoms with Gasteiger partial charge in [-0.15, -0.1) is 6.58 Å². The van der Waals surface area contributed by atoms with Crippen molar-refractivity contribution in [2.75, 3.05) is 0 Å². The molecule has 0 amide bonds. The van der Waals surface area contributed by atoms with Crippen LogP contribution < -0.4 is 0 Å². The number of hydrogen-bond donors (Lipinski definition) is 0. The van der Waals surface area contributed by atoms with Crippen LogP contribution >= 0.6 is 0 Å². The molecule has 1 aliphatic carbocycles. The molecule has 9 heavy (non-hydrogen) atoms. The summed E-state index contributed by atoms with van der Waals surface area (Å²) in [6.07, 6.45) is 5.66. The Morgan fingerprint density at radius 2 is 2.44 bits per heavy atom. The Morgan fingerprint density at radius 1 is 1.67 bits per heavy atom. The minimum absolute atomic E-state index is 0.408. The van der Waals surface area contributed by atoms with Crippen molar-refractivity contribution in [2.45, 2.75) is 25.7 Å². The van der Waals surface area contributed by atoms with Gasteiger partial charge in [0.05, 0.1) is 0 Å². The summed E-state index contributed by atoms with van der Waals surface area (Å²) in [5.41, 5.74) is 0. The Bertz CT molecular complexity index is 127. The molecular weight excluding hydrogens is 112 g/mol. The molecule has 0 unspecified atom stereocenters. The molecule has 0 bridgehead atoms. The van der Waals surface area contributed by atoms with Crippen LogP contribution in [-0.4, -0.2) is 5.78 Å². The van der Waals surface area contributed by atoms with Crippen LogP contribution in [0.25, 0.3) is 0 Å². The largest absolute Gasteiger partial charge is 0.300 e. The Balaban J connectivity index is 2.40. The van der Waals surface area contributed by atoms with Crippen molar-refractivity contribution in [3.05, 3.63) is 12.7 Å². The van der Waals surface area contributed by atoms with Crippen LogP contribution in [0.5, 0.6) is 0 Å². The molecule has 0 aromatic rings. The number of ketones is 1. The average Bonchev–Trinajstić information content (AvgIpc) is 1.88. The number of carbonyl (C=O) groups excluding carboxylic acids is 1. The minimum atomic E-state index is 0.408. The number of allylic oxidation sites excluding steroid dienone is 1. The summed E-state index contributed by atoms with van der Waals surface area (Å²) in [4.78, 5) is 10.8. The van der Waals surface area contributed by atoms with E-state index in [1.165, 1.54) is 0 Å². The smallest absolute Gasteiger partial charge is 0.133 e. The van der Waals surface area contributed by atoms with Gasteiger partial charge in [-0.25, -0.2) is 0 Å². The van der Waals surface area contributed by atoms with Crippen LogP contribution in [0.4, 0.5) is 0 Å². The predicted molar refractivity (Wildman–Crippen MR) is 37.2 cm³/mol. The summed E-state index contributed by atoms with van der Waals surface area (Å²) in [5.74, 6) is 0.886. The Labute approximate surface area is 55.8 Å². The molecule has 0 N–H and O–H groups in total. The van der Waals surface area contributed by atoms with E-state index < -0.39 is 0 Å². The number of Topliss-reactive ketones (excluding diaryl/α,β-unsaturated/α-hetero) is 1. The van der Waals surface area contributed by atoms with E-state index in [1.54, 1.807) is 0 Å². The molecule has 1 fully saturated rings. The first-order valence-electron chi connectivity index (χ1n) is 3.47. The molecule has 0 aromatic carbocycles. The molecule has 0 aliphatic heterocycles. The van der Waals surface area contributed by atoms with Crippen molar-refractivity contribution < 1.29 is 4.79 Å². The number of rotatable bonds is 1. The molecule has 50 valence electrons. The Kier molecular flexibility index (Phi) is 2.04. The van der Waals surface area contributed by atoms with Crippen molar-refractivity contribution >= 4 is 5.78 Å². The lowest BCUT2D eigenvalue weighted by atomic mass is 9.89. The molecule has 1 nitrogen and oxygen atoms in total. The molecule has 0 radical (unpaired) electrons. The first kappa shape index (κ1) is 6.53. The van der Waals surface area contributed by atoms with Gasteiger partial charge in [-0.2, -0.15) is 0 Å². The maximum Gasteiger partial charge on any atom is 0.133 e. The van der Waals surface area contributed by atoms with Crippen LogP contribution in [0.2, 0.25) is 0 Å². The topological polar surface area (TPSA) is 17.1 Å². The highest BCUT2D eigenvalue weighted by Gasteiger charge is 2.15. The first-order chi connectivity index (χ1) is 4.33. The molecule has 1 heteroatoms. The average molecular weight is 124 g/mol. The van der Waals surface area contributed by atoms with E-state index in [4.69, 9.17) is 0 Å². The summed E-state index contributed by atoms with van der Waals surface area (Å²) in [6.45, 7) is 3.67. The molecule has 0 saturated heterocycles. The third-order valence-corrected chi connectivity index (χ3v) is 1.85. The highest BCUT2D eigenvalue weighted by atomic mass is 16.1. The lowest BCUT2D eigenvalue weighted by molar-refractivity contribution is -0.121. The molecule has 1 aliphatic rings. The second kappa shape index (κ2) is 2.81. The third-order valence-electron chi connectivity index (χ3n) is 1.85. The molecule has 0 aromatic heterocycles. The van der Waals surface area contributed by atoms with Gasteiger partial charge < -0.3 is 0 Å². The van der Waals surface area contributed by atoms with Crippen molar-refractivity contribution in [3.63, 3.8) is 0 Å². The summed E-state index contributed by atoms with van der Waals surface area (Å²) in [5, 5.41) is 0. The van der Waals surface area contributed by atoms with Gasteiger partial charge in [0.1, 0.15) is 5.78 Å². The second-order valence-electron chi connectivity index (χ2n) is 2.63. The third kappa shape index (κ3) is 1.67. The van der Waals surface area contributed by atoms with Gasteiger partial charge in [0.15, 0.2) is 0 Å². The minimum Gasteiger partial charge on any atom is -0.300 e. The zero-order valence-electron chi connectivity index (χ0n) is 5.60.